The largest absolute Gasteiger partial charge is 0.347 e. The minimum Gasteiger partial charge on any atom is -0.347 e. The van der Waals surface area contributed by atoms with E-state index in [1.54, 1.807) is 0 Å². The molecule has 0 spiro atoms. The molecule has 3 aromatic carbocycles. The first kappa shape index (κ1) is 17.9. The normalized spacial score (nSPS) is 18.7. The van der Waals surface area contributed by atoms with E-state index in [9.17, 15) is 0 Å². The van der Waals surface area contributed by atoms with E-state index in [4.69, 9.17) is 28.2 Å². The molecule has 3 nitrogen and oxygen atoms in total. The van der Waals surface area contributed by atoms with Gasteiger partial charge in [0.15, 0.2) is 5.96 Å². The van der Waals surface area contributed by atoms with Crippen molar-refractivity contribution in [1.29, 1.82) is 0 Å². The van der Waals surface area contributed by atoms with Crippen molar-refractivity contribution in [2.75, 3.05) is 0 Å². The summed E-state index contributed by atoms with van der Waals surface area (Å²) in [4.78, 5) is 4.72. The second kappa shape index (κ2) is 8.03. The van der Waals surface area contributed by atoms with E-state index < -0.39 is 0 Å². The first-order valence-corrected chi connectivity index (χ1v) is 9.57. The average Bonchev–Trinajstić information content (AvgIpc) is 3.12. The molecular formula is C22H19Cl2N3. The van der Waals surface area contributed by atoms with Crippen LogP contribution in [0.3, 0.4) is 0 Å². The molecule has 1 aliphatic rings. The SMILES string of the molecule is Clc1cccc(C2NC(=NCc3ccccc3)NC2c2cccc(Cl)c2)c1. The third-order valence-corrected chi connectivity index (χ3v) is 5.07. The number of halogens is 2. The number of hydrogen-bond acceptors (Lipinski definition) is 1. The van der Waals surface area contributed by atoms with Crippen LogP contribution in [0.15, 0.2) is 83.9 Å². The Kier molecular flexibility index (Phi) is 5.33. The second-order valence-electron chi connectivity index (χ2n) is 6.50. The summed E-state index contributed by atoms with van der Waals surface area (Å²) < 4.78 is 0. The molecule has 0 aliphatic carbocycles. The van der Waals surface area contributed by atoms with Crippen LogP contribution in [-0.4, -0.2) is 5.96 Å². The molecular weight excluding hydrogens is 377 g/mol. The first-order valence-electron chi connectivity index (χ1n) is 8.81. The van der Waals surface area contributed by atoms with Crippen molar-refractivity contribution in [2.24, 2.45) is 4.99 Å². The summed E-state index contributed by atoms with van der Waals surface area (Å²) in [6.07, 6.45) is 0. The van der Waals surface area contributed by atoms with E-state index in [-0.39, 0.29) is 12.1 Å². The van der Waals surface area contributed by atoms with Crippen LogP contribution >= 0.6 is 23.2 Å². The quantitative estimate of drug-likeness (QED) is 0.609. The molecule has 0 radical (unpaired) electrons. The highest BCUT2D eigenvalue weighted by molar-refractivity contribution is 6.30. The zero-order chi connectivity index (χ0) is 18.6. The Labute approximate surface area is 169 Å². The van der Waals surface area contributed by atoms with Crippen LogP contribution in [-0.2, 0) is 6.54 Å². The lowest BCUT2D eigenvalue weighted by atomic mass is 9.95. The third kappa shape index (κ3) is 4.26. The van der Waals surface area contributed by atoms with Gasteiger partial charge < -0.3 is 10.6 Å². The summed E-state index contributed by atoms with van der Waals surface area (Å²) in [5.41, 5.74) is 3.37. The van der Waals surface area contributed by atoms with Gasteiger partial charge in [-0.15, -0.1) is 0 Å². The smallest absolute Gasteiger partial charge is 0.192 e. The standard InChI is InChI=1S/C22H19Cl2N3/c23-18-10-4-8-16(12-18)20-21(17-9-5-11-19(24)13-17)27-22(26-20)25-14-15-6-2-1-3-7-15/h1-13,20-21H,14H2,(H2,25,26,27). The van der Waals surface area contributed by atoms with Gasteiger partial charge in [-0.25, -0.2) is 4.99 Å². The van der Waals surface area contributed by atoms with E-state index >= 15 is 0 Å². The Bertz CT molecular complexity index is 901. The number of aliphatic imine (C=N–C) groups is 1. The lowest BCUT2D eigenvalue weighted by molar-refractivity contribution is 0.554. The maximum absolute atomic E-state index is 6.22. The Morgan fingerprint density at radius 1 is 0.704 bits per heavy atom. The predicted molar refractivity (Wildman–Crippen MR) is 112 cm³/mol. The summed E-state index contributed by atoms with van der Waals surface area (Å²) >= 11 is 12.4. The van der Waals surface area contributed by atoms with Crippen molar-refractivity contribution >= 4 is 29.2 Å². The van der Waals surface area contributed by atoms with Gasteiger partial charge in [-0.1, -0.05) is 77.8 Å². The van der Waals surface area contributed by atoms with Gasteiger partial charge in [0.2, 0.25) is 0 Å². The molecule has 1 heterocycles. The third-order valence-electron chi connectivity index (χ3n) is 4.60. The van der Waals surface area contributed by atoms with Crippen LogP contribution in [0.25, 0.3) is 0 Å². The molecule has 0 saturated carbocycles. The summed E-state index contributed by atoms with van der Waals surface area (Å²) in [7, 11) is 0. The molecule has 4 rings (SSSR count). The molecule has 1 fully saturated rings. The Balaban J connectivity index is 1.64. The lowest BCUT2D eigenvalue weighted by Gasteiger charge is -2.20. The Morgan fingerprint density at radius 3 is 1.78 bits per heavy atom. The van der Waals surface area contributed by atoms with E-state index in [1.807, 2.05) is 54.6 Å². The van der Waals surface area contributed by atoms with Gasteiger partial charge in [0.1, 0.15) is 0 Å². The van der Waals surface area contributed by atoms with E-state index in [0.717, 1.165) is 17.1 Å². The van der Waals surface area contributed by atoms with Crippen molar-refractivity contribution in [3.63, 3.8) is 0 Å². The Morgan fingerprint density at radius 2 is 1.26 bits per heavy atom. The van der Waals surface area contributed by atoms with Crippen LogP contribution < -0.4 is 10.6 Å². The molecule has 2 N–H and O–H groups in total. The average molecular weight is 396 g/mol. The van der Waals surface area contributed by atoms with Crippen molar-refractivity contribution in [3.8, 4) is 0 Å². The summed E-state index contributed by atoms with van der Waals surface area (Å²) in [6, 6.07) is 26.0. The topological polar surface area (TPSA) is 36.4 Å². The summed E-state index contributed by atoms with van der Waals surface area (Å²) in [5, 5.41) is 8.45. The molecule has 2 atom stereocenters. The number of rotatable bonds is 4. The molecule has 3 aromatic rings. The van der Waals surface area contributed by atoms with Crippen LogP contribution in [0.4, 0.5) is 0 Å². The van der Waals surface area contributed by atoms with E-state index in [2.05, 4.69) is 34.9 Å². The monoisotopic (exact) mass is 395 g/mol. The summed E-state index contributed by atoms with van der Waals surface area (Å²) in [6.45, 7) is 0.612. The van der Waals surface area contributed by atoms with Crippen LogP contribution in [0, 0.1) is 0 Å². The highest BCUT2D eigenvalue weighted by Gasteiger charge is 2.33. The number of benzene rings is 3. The number of nitrogens with one attached hydrogen (secondary N) is 2. The van der Waals surface area contributed by atoms with Gasteiger partial charge in [-0.05, 0) is 41.0 Å². The minimum atomic E-state index is 0.0108. The van der Waals surface area contributed by atoms with Gasteiger partial charge in [0.25, 0.3) is 0 Å². The molecule has 1 saturated heterocycles. The fourth-order valence-corrected chi connectivity index (χ4v) is 3.70. The maximum atomic E-state index is 6.22. The van der Waals surface area contributed by atoms with Gasteiger partial charge in [0.05, 0.1) is 18.6 Å². The van der Waals surface area contributed by atoms with Crippen molar-refractivity contribution in [1.82, 2.24) is 10.6 Å². The van der Waals surface area contributed by atoms with Crippen LogP contribution in [0.1, 0.15) is 28.8 Å². The van der Waals surface area contributed by atoms with E-state index in [0.29, 0.717) is 16.6 Å². The second-order valence-corrected chi connectivity index (χ2v) is 7.38. The van der Waals surface area contributed by atoms with Crippen LogP contribution in [0.5, 0.6) is 0 Å². The lowest BCUT2D eigenvalue weighted by Crippen LogP contribution is -2.25. The Hall–Kier alpha value is -2.49. The molecule has 27 heavy (non-hydrogen) atoms. The van der Waals surface area contributed by atoms with E-state index in [1.165, 1.54) is 5.56 Å². The fourth-order valence-electron chi connectivity index (χ4n) is 3.30. The highest BCUT2D eigenvalue weighted by Crippen LogP contribution is 2.34. The van der Waals surface area contributed by atoms with Gasteiger partial charge in [-0.3, -0.25) is 0 Å². The first-order chi connectivity index (χ1) is 13.2. The van der Waals surface area contributed by atoms with Gasteiger partial charge >= 0.3 is 0 Å². The predicted octanol–water partition coefficient (Wildman–Crippen LogP) is 5.52. The number of guanidine groups is 1. The molecule has 0 aromatic heterocycles. The zero-order valence-electron chi connectivity index (χ0n) is 14.6. The van der Waals surface area contributed by atoms with Crippen LogP contribution in [0.2, 0.25) is 10.0 Å². The summed E-state index contributed by atoms with van der Waals surface area (Å²) in [5.74, 6) is 0.772. The maximum Gasteiger partial charge on any atom is 0.192 e. The van der Waals surface area contributed by atoms with Crippen molar-refractivity contribution in [2.45, 2.75) is 18.6 Å². The molecule has 1 aliphatic heterocycles. The number of nitrogens with zero attached hydrogens (tertiary/aromatic N) is 1. The molecule has 5 heteroatoms. The van der Waals surface area contributed by atoms with Crippen molar-refractivity contribution in [3.05, 3.63) is 106 Å². The van der Waals surface area contributed by atoms with Gasteiger partial charge in [0, 0.05) is 10.0 Å². The molecule has 136 valence electrons. The highest BCUT2D eigenvalue weighted by atomic mass is 35.5. The molecule has 0 amide bonds. The molecule has 2 unspecified atom stereocenters. The molecule has 0 bridgehead atoms. The van der Waals surface area contributed by atoms with Crippen molar-refractivity contribution < 1.29 is 0 Å². The van der Waals surface area contributed by atoms with Gasteiger partial charge in [-0.2, -0.15) is 0 Å². The zero-order valence-corrected chi connectivity index (χ0v) is 16.1. The fraction of sp³-hybridized carbons (Fsp3) is 0.136. The minimum absolute atomic E-state index is 0.0108. The number of hydrogen-bond donors (Lipinski definition) is 2.